The van der Waals surface area contributed by atoms with E-state index in [1.165, 1.54) is 11.1 Å². The van der Waals surface area contributed by atoms with Gasteiger partial charge < -0.3 is 4.74 Å². The summed E-state index contributed by atoms with van der Waals surface area (Å²) in [5.74, 6) is 0. The Morgan fingerprint density at radius 1 is 1.12 bits per heavy atom. The number of ether oxygens (including phenoxy) is 1. The molecule has 0 aromatic heterocycles. The first kappa shape index (κ1) is 18.3. The molecule has 0 saturated carbocycles. The van der Waals surface area contributed by atoms with Gasteiger partial charge in [-0.05, 0) is 38.0 Å². The lowest BCUT2D eigenvalue weighted by Gasteiger charge is -2.42. The minimum atomic E-state index is -1.02. The van der Waals surface area contributed by atoms with Gasteiger partial charge in [-0.3, -0.25) is 9.11 Å². The molecule has 25 heavy (non-hydrogen) atoms. The summed E-state index contributed by atoms with van der Waals surface area (Å²) >= 11 is 0. The Hall–Kier alpha value is -1.49. The highest BCUT2D eigenvalue weighted by atomic mass is 32.2. The zero-order valence-corrected chi connectivity index (χ0v) is 16.0. The van der Waals surface area contributed by atoms with Crippen LogP contribution in [-0.4, -0.2) is 40.2 Å². The molecule has 1 heterocycles. The van der Waals surface area contributed by atoms with Crippen LogP contribution in [0.25, 0.3) is 0 Å². The van der Waals surface area contributed by atoms with E-state index in [-0.39, 0.29) is 11.4 Å². The number of hydrogen-bond acceptors (Lipinski definition) is 3. The smallest absolute Gasteiger partial charge is 0.0736 e. The van der Waals surface area contributed by atoms with Crippen LogP contribution in [0.1, 0.15) is 24.5 Å². The fraction of sp³-hybridized carbons (Fsp3) is 0.429. The molecule has 0 amide bonds. The van der Waals surface area contributed by atoms with E-state index < -0.39 is 10.8 Å². The molecule has 0 bridgehead atoms. The van der Waals surface area contributed by atoms with Crippen LogP contribution < -0.4 is 0 Å². The zero-order chi connectivity index (χ0) is 17.8. The molecule has 2 aromatic carbocycles. The molecule has 1 saturated heterocycles. The van der Waals surface area contributed by atoms with Crippen LogP contribution >= 0.6 is 0 Å². The molecule has 1 aliphatic rings. The number of rotatable bonds is 5. The molecule has 0 spiro atoms. The second-order valence-electron chi connectivity index (χ2n) is 6.90. The minimum Gasteiger partial charge on any atom is -0.380 e. The van der Waals surface area contributed by atoms with E-state index in [1.807, 2.05) is 30.3 Å². The van der Waals surface area contributed by atoms with E-state index >= 15 is 0 Å². The number of piperidine rings is 1. The summed E-state index contributed by atoms with van der Waals surface area (Å²) in [7, 11) is 0.747. The average Bonchev–Trinajstić information content (AvgIpc) is 2.64. The van der Waals surface area contributed by atoms with Gasteiger partial charge in [0.15, 0.2) is 0 Å². The Morgan fingerprint density at radius 2 is 1.80 bits per heavy atom. The van der Waals surface area contributed by atoms with Gasteiger partial charge in [-0.15, -0.1) is 0 Å². The third-order valence-electron chi connectivity index (χ3n) is 5.13. The standard InChI is InChI=1S/C21H27NO2S/c1-16-9-11-19(12-10-16)25(23)20-13-21(24-3)17(2)22(15-20)14-18-7-5-4-6-8-18/h4-12,17,20-21H,13-15H2,1-3H3/t17-,20?,21+,25-/m0/s1. The molecule has 0 aliphatic carbocycles. The van der Waals surface area contributed by atoms with Gasteiger partial charge in [0.05, 0.1) is 22.2 Å². The van der Waals surface area contributed by atoms with Gasteiger partial charge in [-0.1, -0.05) is 48.0 Å². The maximum absolute atomic E-state index is 13.1. The summed E-state index contributed by atoms with van der Waals surface area (Å²) < 4.78 is 18.8. The number of benzene rings is 2. The molecule has 0 radical (unpaired) electrons. The van der Waals surface area contributed by atoms with Gasteiger partial charge >= 0.3 is 0 Å². The predicted molar refractivity (Wildman–Crippen MR) is 103 cm³/mol. The fourth-order valence-corrected chi connectivity index (χ4v) is 5.01. The number of nitrogens with zero attached hydrogens (tertiary/aromatic N) is 1. The molecule has 134 valence electrons. The molecule has 2 aromatic rings. The quantitative estimate of drug-likeness (QED) is 0.816. The number of aryl methyl sites for hydroxylation is 1. The van der Waals surface area contributed by atoms with Crippen molar-refractivity contribution in [3.8, 4) is 0 Å². The summed E-state index contributed by atoms with van der Waals surface area (Å²) in [4.78, 5) is 3.32. The molecule has 3 nitrogen and oxygen atoms in total. The largest absolute Gasteiger partial charge is 0.380 e. The summed E-state index contributed by atoms with van der Waals surface area (Å²) in [6.07, 6.45) is 0.945. The van der Waals surface area contributed by atoms with E-state index in [4.69, 9.17) is 4.74 Å². The molecular weight excluding hydrogens is 330 g/mol. The normalized spacial score (nSPS) is 25.6. The Morgan fingerprint density at radius 3 is 2.44 bits per heavy atom. The Kier molecular flexibility index (Phi) is 6.05. The van der Waals surface area contributed by atoms with Gasteiger partial charge in [-0.25, -0.2) is 0 Å². The lowest BCUT2D eigenvalue weighted by molar-refractivity contribution is -0.0122. The third-order valence-corrected chi connectivity index (χ3v) is 6.82. The monoisotopic (exact) mass is 357 g/mol. The van der Waals surface area contributed by atoms with Gasteiger partial charge in [0, 0.05) is 31.1 Å². The van der Waals surface area contributed by atoms with Crippen molar-refractivity contribution in [1.82, 2.24) is 4.90 Å². The Bertz CT molecular complexity index is 702. The first-order chi connectivity index (χ1) is 12.1. The number of methoxy groups -OCH3 is 1. The lowest BCUT2D eigenvalue weighted by atomic mass is 9.99. The van der Waals surface area contributed by atoms with E-state index in [0.29, 0.717) is 6.04 Å². The minimum absolute atomic E-state index is 0.0903. The van der Waals surface area contributed by atoms with Crippen LogP contribution in [0, 0.1) is 6.92 Å². The van der Waals surface area contributed by atoms with Crippen molar-refractivity contribution in [1.29, 1.82) is 0 Å². The summed E-state index contributed by atoms with van der Waals surface area (Å²) in [5.41, 5.74) is 2.48. The summed E-state index contributed by atoms with van der Waals surface area (Å²) in [5, 5.41) is 0.0903. The first-order valence-electron chi connectivity index (χ1n) is 8.86. The zero-order valence-electron chi connectivity index (χ0n) is 15.2. The maximum atomic E-state index is 13.1. The van der Waals surface area contributed by atoms with E-state index in [1.54, 1.807) is 7.11 Å². The molecule has 1 fully saturated rings. The van der Waals surface area contributed by atoms with Crippen molar-refractivity contribution in [3.63, 3.8) is 0 Å². The number of hydrogen-bond donors (Lipinski definition) is 0. The van der Waals surface area contributed by atoms with Gasteiger partial charge in [0.25, 0.3) is 0 Å². The first-order valence-corrected chi connectivity index (χ1v) is 10.1. The van der Waals surface area contributed by atoms with E-state index in [0.717, 1.165) is 24.4 Å². The van der Waals surface area contributed by atoms with Crippen LogP contribution in [0.2, 0.25) is 0 Å². The molecule has 0 N–H and O–H groups in total. The van der Waals surface area contributed by atoms with Crippen LogP contribution in [0.5, 0.6) is 0 Å². The number of likely N-dealkylation sites (tertiary alicyclic amines) is 1. The molecular formula is C21H27NO2S. The van der Waals surface area contributed by atoms with Crippen molar-refractivity contribution >= 4 is 10.8 Å². The van der Waals surface area contributed by atoms with Crippen LogP contribution in [0.3, 0.4) is 0 Å². The van der Waals surface area contributed by atoms with Gasteiger partial charge in [0.1, 0.15) is 0 Å². The van der Waals surface area contributed by atoms with E-state index in [9.17, 15) is 4.21 Å². The molecule has 1 unspecified atom stereocenters. The summed E-state index contributed by atoms with van der Waals surface area (Å²) in [6.45, 7) is 5.96. The Labute approximate surface area is 153 Å². The highest BCUT2D eigenvalue weighted by Gasteiger charge is 2.36. The fourth-order valence-electron chi connectivity index (χ4n) is 3.53. The molecule has 1 aliphatic heterocycles. The predicted octanol–water partition coefficient (Wildman–Crippen LogP) is 3.78. The maximum Gasteiger partial charge on any atom is 0.0736 e. The average molecular weight is 358 g/mol. The topological polar surface area (TPSA) is 29.5 Å². The van der Waals surface area contributed by atoms with Crippen molar-refractivity contribution < 1.29 is 8.95 Å². The highest BCUT2D eigenvalue weighted by Crippen LogP contribution is 2.27. The van der Waals surface area contributed by atoms with Crippen molar-refractivity contribution in [2.75, 3.05) is 13.7 Å². The van der Waals surface area contributed by atoms with Crippen LogP contribution in [0.15, 0.2) is 59.5 Å². The second kappa shape index (κ2) is 8.26. The lowest BCUT2D eigenvalue weighted by Crippen LogP contribution is -2.53. The van der Waals surface area contributed by atoms with Crippen molar-refractivity contribution in [3.05, 3.63) is 65.7 Å². The molecule has 4 heteroatoms. The highest BCUT2D eigenvalue weighted by molar-refractivity contribution is 7.85. The van der Waals surface area contributed by atoms with Crippen molar-refractivity contribution in [2.45, 2.75) is 49.1 Å². The van der Waals surface area contributed by atoms with Crippen LogP contribution in [0.4, 0.5) is 0 Å². The van der Waals surface area contributed by atoms with Gasteiger partial charge in [0.2, 0.25) is 0 Å². The molecule has 3 rings (SSSR count). The molecule has 4 atom stereocenters. The van der Waals surface area contributed by atoms with Gasteiger partial charge in [-0.2, -0.15) is 0 Å². The van der Waals surface area contributed by atoms with Crippen LogP contribution in [-0.2, 0) is 22.1 Å². The van der Waals surface area contributed by atoms with Crippen molar-refractivity contribution in [2.24, 2.45) is 0 Å². The van der Waals surface area contributed by atoms with E-state index in [2.05, 4.69) is 43.0 Å². The second-order valence-corrected chi connectivity index (χ2v) is 8.63. The Balaban J connectivity index is 1.78. The SMILES string of the molecule is CO[C@@H]1CC([S@@](=O)c2ccc(C)cc2)CN(Cc2ccccc2)[C@H]1C. The third kappa shape index (κ3) is 4.38. The summed E-state index contributed by atoms with van der Waals surface area (Å²) in [6, 6.07) is 18.8.